The fourth-order valence-electron chi connectivity index (χ4n) is 2.91. The summed E-state index contributed by atoms with van der Waals surface area (Å²) < 4.78 is 14.0. The zero-order chi connectivity index (χ0) is 20.9. The van der Waals surface area contributed by atoms with Crippen LogP contribution in [-0.2, 0) is 4.57 Å². The van der Waals surface area contributed by atoms with E-state index in [0.29, 0.717) is 10.1 Å². The third-order valence-electron chi connectivity index (χ3n) is 4.39. The van der Waals surface area contributed by atoms with E-state index in [0.717, 1.165) is 27.9 Å². The second-order valence-electron chi connectivity index (χ2n) is 6.83. The third-order valence-corrected chi connectivity index (χ3v) is 7.22. The molecule has 3 aromatic carbocycles. The van der Waals surface area contributed by atoms with Crippen molar-refractivity contribution in [2.75, 3.05) is 5.09 Å². The molecule has 0 atom stereocenters. The first kappa shape index (κ1) is 21.5. The minimum absolute atomic E-state index is 0.403. The van der Waals surface area contributed by atoms with E-state index in [-0.39, 0.29) is 0 Å². The van der Waals surface area contributed by atoms with E-state index < -0.39 is 7.29 Å². The SMILES string of the molecule is Cc1ccc(NP(=O)(C=C(Cl)c2ccccc2)C=C(Cl)c2ccccc2)c(C)c1. The Balaban J connectivity index is 2.06. The number of hydrogen-bond acceptors (Lipinski definition) is 1. The van der Waals surface area contributed by atoms with Gasteiger partial charge in [0.2, 0.25) is 7.29 Å². The first-order chi connectivity index (χ1) is 13.9. The number of nitrogens with one attached hydrogen (secondary N) is 1. The Bertz CT molecular complexity index is 1030. The fourth-order valence-corrected chi connectivity index (χ4v) is 5.83. The van der Waals surface area contributed by atoms with Crippen molar-refractivity contribution in [1.82, 2.24) is 0 Å². The van der Waals surface area contributed by atoms with Crippen LogP contribution in [0.1, 0.15) is 22.3 Å². The molecule has 148 valence electrons. The summed E-state index contributed by atoms with van der Waals surface area (Å²) in [7, 11) is -3.26. The van der Waals surface area contributed by atoms with Gasteiger partial charge < -0.3 is 5.09 Å². The topological polar surface area (TPSA) is 29.1 Å². The molecule has 0 unspecified atom stereocenters. The van der Waals surface area contributed by atoms with Crippen LogP contribution in [0.25, 0.3) is 10.1 Å². The highest BCUT2D eigenvalue weighted by atomic mass is 35.5. The van der Waals surface area contributed by atoms with Crippen molar-refractivity contribution >= 4 is 46.2 Å². The van der Waals surface area contributed by atoms with Crippen molar-refractivity contribution in [3.63, 3.8) is 0 Å². The van der Waals surface area contributed by atoms with Crippen LogP contribution < -0.4 is 5.09 Å². The summed E-state index contributed by atoms with van der Waals surface area (Å²) >= 11 is 13.1. The summed E-state index contributed by atoms with van der Waals surface area (Å²) in [6.45, 7) is 4.00. The van der Waals surface area contributed by atoms with Gasteiger partial charge in [-0.3, -0.25) is 4.57 Å². The molecule has 0 heterocycles. The summed E-state index contributed by atoms with van der Waals surface area (Å²) in [5.74, 6) is 3.13. The molecule has 5 heteroatoms. The molecule has 0 bridgehead atoms. The second-order valence-corrected chi connectivity index (χ2v) is 9.80. The van der Waals surface area contributed by atoms with Gasteiger partial charge in [-0.15, -0.1) is 0 Å². The van der Waals surface area contributed by atoms with E-state index in [1.807, 2.05) is 92.7 Å². The Morgan fingerprint density at radius 1 is 0.793 bits per heavy atom. The lowest BCUT2D eigenvalue weighted by molar-refractivity contribution is 0.589. The van der Waals surface area contributed by atoms with Crippen LogP contribution in [-0.4, -0.2) is 0 Å². The molecule has 0 spiro atoms. The van der Waals surface area contributed by atoms with E-state index >= 15 is 0 Å². The van der Waals surface area contributed by atoms with Gasteiger partial charge in [0.25, 0.3) is 0 Å². The summed E-state index contributed by atoms with van der Waals surface area (Å²) in [5, 5.41) is 3.99. The van der Waals surface area contributed by atoms with Gasteiger partial charge in [0.15, 0.2) is 0 Å². The number of aryl methyl sites for hydroxylation is 2. The van der Waals surface area contributed by atoms with Gasteiger partial charge >= 0.3 is 0 Å². The number of halogens is 2. The quantitative estimate of drug-likeness (QED) is 0.388. The molecule has 0 saturated carbocycles. The van der Waals surface area contributed by atoms with Gasteiger partial charge in [-0.1, -0.05) is 102 Å². The van der Waals surface area contributed by atoms with E-state index in [9.17, 15) is 4.57 Å². The molecule has 0 fully saturated rings. The van der Waals surface area contributed by atoms with Crippen LogP contribution in [0.4, 0.5) is 5.69 Å². The normalized spacial score (nSPS) is 14.3. The molecule has 2 nitrogen and oxygen atoms in total. The van der Waals surface area contributed by atoms with Crippen LogP contribution in [0.3, 0.4) is 0 Å². The van der Waals surface area contributed by atoms with Crippen LogP contribution in [0.5, 0.6) is 0 Å². The molecule has 0 aliphatic heterocycles. The van der Waals surface area contributed by atoms with Crippen LogP contribution in [0.2, 0.25) is 0 Å². The lowest BCUT2D eigenvalue weighted by Gasteiger charge is -2.18. The van der Waals surface area contributed by atoms with Crippen molar-refractivity contribution in [3.8, 4) is 0 Å². The highest BCUT2D eigenvalue weighted by Crippen LogP contribution is 2.54. The highest BCUT2D eigenvalue weighted by molar-refractivity contribution is 7.72. The van der Waals surface area contributed by atoms with E-state index in [1.54, 1.807) is 11.6 Å². The smallest absolute Gasteiger partial charge is 0.216 e. The maximum atomic E-state index is 14.0. The molecule has 0 amide bonds. The zero-order valence-electron chi connectivity index (χ0n) is 16.3. The maximum absolute atomic E-state index is 14.0. The minimum atomic E-state index is -3.26. The average molecular weight is 442 g/mol. The standard InChI is InChI=1S/C24H22Cl2NOP/c1-18-13-14-24(19(2)15-18)27-29(28,16-22(25)20-9-5-3-6-10-20)17-23(26)21-11-7-4-8-12-21/h3-17H,1-2H3,(H,27,28). The molecule has 3 aromatic rings. The van der Waals surface area contributed by atoms with Gasteiger partial charge in [-0.05, 0) is 36.6 Å². The Morgan fingerprint density at radius 3 is 1.72 bits per heavy atom. The zero-order valence-corrected chi connectivity index (χ0v) is 18.7. The van der Waals surface area contributed by atoms with Crippen LogP contribution in [0.15, 0.2) is 90.5 Å². The fraction of sp³-hybridized carbons (Fsp3) is 0.0833. The first-order valence-electron chi connectivity index (χ1n) is 9.19. The second kappa shape index (κ2) is 9.50. The maximum Gasteiger partial charge on any atom is 0.216 e. The molecule has 0 radical (unpaired) electrons. The highest BCUT2D eigenvalue weighted by Gasteiger charge is 2.20. The number of hydrogen-bond donors (Lipinski definition) is 1. The molecule has 3 rings (SSSR count). The number of rotatable bonds is 6. The average Bonchev–Trinajstić information content (AvgIpc) is 2.71. The summed E-state index contributed by atoms with van der Waals surface area (Å²) in [6.07, 6.45) is 0. The summed E-state index contributed by atoms with van der Waals surface area (Å²) in [4.78, 5) is 0. The van der Waals surface area contributed by atoms with Crippen molar-refractivity contribution < 1.29 is 4.57 Å². The van der Waals surface area contributed by atoms with E-state index in [1.165, 1.54) is 0 Å². The third kappa shape index (κ3) is 5.87. The molecular weight excluding hydrogens is 420 g/mol. The first-order valence-corrected chi connectivity index (χ1v) is 11.8. The monoisotopic (exact) mass is 441 g/mol. The largest absolute Gasteiger partial charge is 0.330 e. The molecular formula is C24H22Cl2NOP. The van der Waals surface area contributed by atoms with Crippen molar-refractivity contribution in [2.45, 2.75) is 13.8 Å². The van der Waals surface area contributed by atoms with Crippen LogP contribution >= 0.6 is 30.5 Å². The van der Waals surface area contributed by atoms with Crippen LogP contribution in [0, 0.1) is 13.8 Å². The van der Waals surface area contributed by atoms with Gasteiger partial charge in [-0.2, -0.15) is 0 Å². The predicted molar refractivity (Wildman–Crippen MR) is 128 cm³/mol. The predicted octanol–water partition coefficient (Wildman–Crippen LogP) is 8.47. The Labute approximate surface area is 182 Å². The number of benzene rings is 3. The molecule has 29 heavy (non-hydrogen) atoms. The van der Waals surface area contributed by atoms with Crippen molar-refractivity contribution in [1.29, 1.82) is 0 Å². The molecule has 0 aromatic heterocycles. The molecule has 0 saturated heterocycles. The molecule has 0 aliphatic carbocycles. The van der Waals surface area contributed by atoms with Gasteiger partial charge in [-0.25, -0.2) is 0 Å². The van der Waals surface area contributed by atoms with Gasteiger partial charge in [0.05, 0.1) is 10.1 Å². The molecule has 1 N–H and O–H groups in total. The van der Waals surface area contributed by atoms with E-state index in [2.05, 4.69) is 5.09 Å². The van der Waals surface area contributed by atoms with Crippen molar-refractivity contribution in [3.05, 3.63) is 113 Å². The Hall–Kier alpha value is -2.25. The Morgan fingerprint density at radius 2 is 1.28 bits per heavy atom. The minimum Gasteiger partial charge on any atom is -0.330 e. The molecule has 0 aliphatic rings. The number of anilines is 1. The van der Waals surface area contributed by atoms with Gasteiger partial charge in [0, 0.05) is 17.3 Å². The van der Waals surface area contributed by atoms with Gasteiger partial charge in [0.1, 0.15) is 0 Å². The lowest BCUT2D eigenvalue weighted by atomic mass is 10.1. The lowest BCUT2D eigenvalue weighted by Crippen LogP contribution is -1.96. The Kier molecular flexibility index (Phi) is 7.03. The summed E-state index contributed by atoms with van der Waals surface area (Å²) in [6, 6.07) is 24.8. The van der Waals surface area contributed by atoms with E-state index in [4.69, 9.17) is 23.2 Å². The van der Waals surface area contributed by atoms with Crippen molar-refractivity contribution in [2.24, 2.45) is 0 Å². The summed E-state index contributed by atoms with van der Waals surface area (Å²) in [5.41, 5.74) is 4.50.